The normalized spacial score (nSPS) is 16.8. The Balaban J connectivity index is 0.811. The second-order valence-corrected chi connectivity index (χ2v) is 27.0. The second kappa shape index (κ2) is 40.1. The lowest BCUT2D eigenvalue weighted by molar-refractivity contribution is 0.0912. The van der Waals surface area contributed by atoms with Gasteiger partial charge in [0.25, 0.3) is 35.4 Å². The molecule has 1 aliphatic heterocycles. The summed E-state index contributed by atoms with van der Waals surface area (Å²) in [6.45, 7) is 0.198. The SMILES string of the molecule is O=C(NCCC[C@@H]1NC(=O)c2coc(n2)[C@H](Cc2ccccc2)NC(=O)c2coc(n2)[C@H](CCCNC(=O)OCc2ccccc2)NC(=O)c2coc(n2)[C@H](Cc2ccccc2)NC(=O)c2coc(n2)[C@H](CCCNC(=O)OCc2ccccc2)NC(=O)c2coc(n2)[C@H](Cc2ccccc2)NC(=O)c2coc1n2)OCc1ccccc1. The lowest BCUT2D eigenvalue weighted by Gasteiger charge is -2.16. The number of ether oxygens (including phenoxy) is 3. The van der Waals surface area contributed by atoms with Gasteiger partial charge in [-0.1, -0.05) is 182 Å². The van der Waals surface area contributed by atoms with Crippen LogP contribution in [0.1, 0.15) is 206 Å². The lowest BCUT2D eigenvalue weighted by atomic mass is 10.1. The molecule has 0 aliphatic carbocycles. The third-order valence-electron chi connectivity index (χ3n) is 18.5. The van der Waals surface area contributed by atoms with Crippen molar-refractivity contribution in [3.05, 3.63) is 322 Å². The van der Waals surface area contributed by atoms with Crippen LogP contribution in [0.25, 0.3) is 0 Å². The minimum atomic E-state index is -1.11. The zero-order chi connectivity index (χ0) is 81.1. The van der Waals surface area contributed by atoms with Gasteiger partial charge in [-0.2, -0.15) is 0 Å². The van der Waals surface area contributed by atoms with E-state index in [1.54, 1.807) is 36.4 Å². The molecule has 0 unspecified atom stereocenters. The number of oxazole rings is 6. The molecule has 1 aliphatic rings. The van der Waals surface area contributed by atoms with E-state index in [0.29, 0.717) is 0 Å². The second-order valence-electron chi connectivity index (χ2n) is 27.0. The summed E-state index contributed by atoms with van der Waals surface area (Å²) in [6.07, 6.45) is 5.46. The average Bonchev–Trinajstić information content (AvgIpc) is 1.70. The van der Waals surface area contributed by atoms with E-state index >= 15 is 0 Å². The predicted molar refractivity (Wildman–Crippen MR) is 412 cm³/mol. The van der Waals surface area contributed by atoms with Gasteiger partial charge >= 0.3 is 18.3 Å². The van der Waals surface area contributed by atoms with Crippen molar-refractivity contribution in [2.45, 2.75) is 114 Å². The molecule has 0 saturated heterocycles. The summed E-state index contributed by atoms with van der Waals surface area (Å²) >= 11 is 0. The van der Waals surface area contributed by atoms with Gasteiger partial charge < -0.3 is 88.6 Å². The van der Waals surface area contributed by atoms with Crippen LogP contribution in [-0.4, -0.2) is 103 Å². The van der Waals surface area contributed by atoms with E-state index in [1.807, 2.05) is 146 Å². The van der Waals surface area contributed by atoms with Crippen molar-refractivity contribution in [2.24, 2.45) is 0 Å². The fourth-order valence-corrected chi connectivity index (χ4v) is 12.4. The fourth-order valence-electron chi connectivity index (χ4n) is 12.4. The van der Waals surface area contributed by atoms with Crippen LogP contribution >= 0.6 is 0 Å². The molecular weight excluding hydrogens is 1510 g/mol. The van der Waals surface area contributed by atoms with Crippen molar-refractivity contribution < 1.29 is 83.9 Å². The predicted octanol–water partition coefficient (Wildman–Crippen LogP) is 11.6. The van der Waals surface area contributed by atoms with Crippen LogP contribution in [-0.2, 0) is 53.3 Å². The van der Waals surface area contributed by atoms with Gasteiger partial charge in [-0.15, -0.1) is 0 Å². The van der Waals surface area contributed by atoms with Crippen LogP contribution in [0.4, 0.5) is 14.4 Å². The van der Waals surface area contributed by atoms with E-state index in [4.69, 9.17) is 40.7 Å². The molecule has 0 fully saturated rings. The van der Waals surface area contributed by atoms with Gasteiger partial charge in [0.15, 0.2) is 34.2 Å². The molecule has 13 rings (SSSR count). The van der Waals surface area contributed by atoms with Crippen molar-refractivity contribution in [1.82, 2.24) is 77.8 Å². The number of alkyl carbamates (subject to hydrolysis) is 3. The monoisotopic (exact) mass is 1590 g/mol. The Kier molecular flexibility index (Phi) is 27.5. The Bertz CT molecular complexity index is 4770. The Morgan fingerprint density at radius 1 is 0.274 bits per heavy atom. The maximum Gasteiger partial charge on any atom is 0.407 e. The number of hydrogen-bond donors (Lipinski definition) is 9. The van der Waals surface area contributed by atoms with E-state index in [2.05, 4.69) is 77.8 Å². The maximum absolute atomic E-state index is 14.6. The van der Waals surface area contributed by atoms with E-state index in [-0.39, 0.29) is 167 Å². The summed E-state index contributed by atoms with van der Waals surface area (Å²) in [5.41, 5.74) is 3.02. The highest BCUT2D eigenvalue weighted by Gasteiger charge is 2.34. The summed E-state index contributed by atoms with van der Waals surface area (Å²) in [5, 5.41) is 25.5. The van der Waals surface area contributed by atoms with Crippen LogP contribution < -0.4 is 47.9 Å². The van der Waals surface area contributed by atoms with Crippen molar-refractivity contribution in [3.63, 3.8) is 0 Å². The molecule has 6 atom stereocenters. The summed E-state index contributed by atoms with van der Waals surface area (Å²) < 4.78 is 52.2. The number of rotatable bonds is 24. The Hall–Kier alpha value is -14.8. The first-order chi connectivity index (χ1) is 57.1. The summed E-state index contributed by atoms with van der Waals surface area (Å²) in [6, 6.07) is 47.9. The number of carbonyl (C=O) groups excluding carboxylic acids is 9. The minimum absolute atomic E-state index is 0.0112. The van der Waals surface area contributed by atoms with Gasteiger partial charge in [-0.3, -0.25) is 28.8 Å². The quantitative estimate of drug-likeness (QED) is 0.0200. The molecule has 0 spiro atoms. The molecule has 9 amide bonds. The number of fused-ring (bicyclic) bond motifs is 12. The highest BCUT2D eigenvalue weighted by molar-refractivity contribution is 5.95. The summed E-state index contributed by atoms with van der Waals surface area (Å²) in [4.78, 5) is 154. The van der Waals surface area contributed by atoms with Crippen molar-refractivity contribution in [2.75, 3.05) is 19.6 Å². The van der Waals surface area contributed by atoms with Crippen molar-refractivity contribution in [1.29, 1.82) is 0 Å². The average molecular weight is 1590 g/mol. The zero-order valence-electron chi connectivity index (χ0n) is 62.9. The highest BCUT2D eigenvalue weighted by Crippen LogP contribution is 2.29. The van der Waals surface area contributed by atoms with E-state index in [0.717, 1.165) is 71.0 Å². The van der Waals surface area contributed by atoms with Gasteiger partial charge in [0.1, 0.15) is 93.7 Å². The van der Waals surface area contributed by atoms with Crippen LogP contribution in [0, 0.1) is 0 Å². The van der Waals surface area contributed by atoms with Crippen molar-refractivity contribution >= 4 is 53.7 Å². The molecule has 12 bridgehead atoms. The molecule has 6 aromatic carbocycles. The first kappa shape index (κ1) is 80.3. The number of hydrogen-bond acceptors (Lipinski definition) is 24. The summed E-state index contributed by atoms with van der Waals surface area (Å²) in [7, 11) is 0. The largest absolute Gasteiger partial charge is 0.446 e. The number of aromatic nitrogens is 6. The van der Waals surface area contributed by atoms with E-state index in [9.17, 15) is 43.2 Å². The molecule has 0 radical (unpaired) electrons. The molecule has 600 valence electrons. The fraction of sp³-hybridized carbons (Fsp3) is 0.250. The minimum Gasteiger partial charge on any atom is -0.446 e. The van der Waals surface area contributed by atoms with Crippen molar-refractivity contribution in [3.8, 4) is 0 Å². The standard InChI is InChI=1S/C84H81N15O18/c100-70-64-49-112-79(97-64)61(40-52-22-7-1-8-23-52)91-73(103)67-46-109-76(94-67)58(34-19-37-85-82(106)115-43-55-28-13-4-14-29-55)89-71(101)65-50-113-80(98-65)62(41-53-24-9-2-10-25-53)93-75(105)69-48-111-78(96-69)60(36-21-39-87-84(108)117-45-57-32-17-6-18-33-57)90-72(102)66-51-114-81(99-66)63(42-54-26-11-3-12-27-54)92-74(104)68-47-110-77(95-68)59(88-70)35-20-38-86-83(107)116-44-56-30-15-5-16-31-56/h1-18,22-33,46-51,58-63H,19-21,34-45H2,(H,85,106)(H,86,107)(H,87,108)(H,88,100)(H,89,101)(H,90,102)(H,91,103)(H,92,104)(H,93,105)/t58-,59-,60-,61-,62-,63-/m0/s1. The van der Waals surface area contributed by atoms with E-state index in [1.165, 1.54) is 0 Å². The van der Waals surface area contributed by atoms with Crippen LogP contribution in [0.3, 0.4) is 0 Å². The Labute approximate surface area is 668 Å². The van der Waals surface area contributed by atoms with Crippen LogP contribution in [0.15, 0.2) is 246 Å². The van der Waals surface area contributed by atoms with Crippen LogP contribution in [0.5, 0.6) is 0 Å². The molecule has 7 heterocycles. The van der Waals surface area contributed by atoms with Crippen LogP contribution in [0.2, 0.25) is 0 Å². The van der Waals surface area contributed by atoms with Gasteiger partial charge in [-0.05, 0) is 71.9 Å². The number of carbonyl (C=O) groups is 9. The molecule has 33 heteroatoms. The van der Waals surface area contributed by atoms with Gasteiger partial charge in [0.2, 0.25) is 35.3 Å². The number of amides is 9. The molecule has 117 heavy (non-hydrogen) atoms. The smallest absolute Gasteiger partial charge is 0.407 e. The zero-order valence-corrected chi connectivity index (χ0v) is 62.9. The molecule has 33 nitrogen and oxygen atoms in total. The molecule has 0 saturated carbocycles. The molecule has 12 aromatic rings. The molecule has 6 aromatic heterocycles. The third-order valence-corrected chi connectivity index (χ3v) is 18.5. The highest BCUT2D eigenvalue weighted by atomic mass is 16.6. The Morgan fingerprint density at radius 3 is 0.675 bits per heavy atom. The van der Waals surface area contributed by atoms with Gasteiger partial charge in [0, 0.05) is 38.9 Å². The topological polar surface area (TPSA) is 446 Å². The third kappa shape index (κ3) is 23.2. The Morgan fingerprint density at radius 2 is 0.462 bits per heavy atom. The first-order valence-electron chi connectivity index (χ1n) is 37.7. The number of benzene rings is 6. The number of nitrogens with zero attached hydrogens (tertiary/aromatic N) is 6. The number of nitrogens with one attached hydrogen (secondary N) is 9. The van der Waals surface area contributed by atoms with Gasteiger partial charge in [0.05, 0.1) is 0 Å². The molecule has 9 N–H and O–H groups in total. The van der Waals surface area contributed by atoms with Gasteiger partial charge in [-0.25, -0.2) is 44.3 Å². The maximum atomic E-state index is 14.6. The lowest BCUT2D eigenvalue weighted by Crippen LogP contribution is -2.33. The molecular formula is C84H81N15O18. The first-order valence-corrected chi connectivity index (χ1v) is 37.7. The van der Waals surface area contributed by atoms with E-state index < -0.39 is 90.0 Å². The summed E-state index contributed by atoms with van der Waals surface area (Å²) in [5.74, 6) is -5.45.